The summed E-state index contributed by atoms with van der Waals surface area (Å²) >= 11 is 0. The fraction of sp³-hybridized carbons (Fsp3) is 0.462. The quantitative estimate of drug-likeness (QED) is 0.577. The van der Waals surface area contributed by atoms with Gasteiger partial charge in [-0.05, 0) is 24.0 Å². The molecular weight excluding hydrogens is 202 g/mol. The third-order valence-electron chi connectivity index (χ3n) is 2.62. The van der Waals surface area contributed by atoms with Crippen LogP contribution in [-0.2, 0) is 11.3 Å². The molecule has 0 unspecified atom stereocenters. The van der Waals surface area contributed by atoms with Gasteiger partial charge in [-0.25, -0.2) is 9.79 Å². The molecule has 0 atom stereocenters. The molecule has 0 saturated carbocycles. The van der Waals surface area contributed by atoms with Crippen LogP contribution >= 0.6 is 0 Å². The standard InChI is InChI=1S/C13H17NO2/c1-9(2)11-6-5-10(3)13(16-4)12(11)7-14-8-15/h5-6,9H,7H2,1-4H3. The van der Waals surface area contributed by atoms with Gasteiger partial charge in [-0.1, -0.05) is 26.0 Å². The molecule has 86 valence electrons. The lowest BCUT2D eigenvalue weighted by atomic mass is 9.94. The number of hydrogen-bond acceptors (Lipinski definition) is 3. The lowest BCUT2D eigenvalue weighted by molar-refractivity contribution is 0.405. The summed E-state index contributed by atoms with van der Waals surface area (Å²) in [5.74, 6) is 1.21. The van der Waals surface area contributed by atoms with E-state index < -0.39 is 0 Å². The van der Waals surface area contributed by atoms with Crippen molar-refractivity contribution in [1.82, 2.24) is 0 Å². The van der Waals surface area contributed by atoms with Crippen molar-refractivity contribution in [3.8, 4) is 5.75 Å². The molecule has 3 heteroatoms. The number of aliphatic imine (C=N–C) groups is 1. The Balaban J connectivity index is 3.34. The second kappa shape index (κ2) is 5.47. The van der Waals surface area contributed by atoms with Crippen LogP contribution < -0.4 is 4.74 Å². The summed E-state index contributed by atoms with van der Waals surface area (Å²) in [6, 6.07) is 4.10. The first-order valence-electron chi connectivity index (χ1n) is 5.31. The molecule has 1 aromatic carbocycles. The van der Waals surface area contributed by atoms with Gasteiger partial charge in [-0.3, -0.25) is 0 Å². The number of carbonyl (C=O) groups excluding carboxylic acids is 1. The van der Waals surface area contributed by atoms with E-state index in [4.69, 9.17) is 4.74 Å². The average molecular weight is 219 g/mol. The Morgan fingerprint density at radius 1 is 1.44 bits per heavy atom. The third-order valence-corrected chi connectivity index (χ3v) is 2.62. The topological polar surface area (TPSA) is 38.7 Å². The van der Waals surface area contributed by atoms with Gasteiger partial charge in [0.25, 0.3) is 0 Å². The van der Waals surface area contributed by atoms with E-state index in [0.29, 0.717) is 12.5 Å². The Morgan fingerprint density at radius 2 is 2.12 bits per heavy atom. The second-order valence-corrected chi connectivity index (χ2v) is 4.05. The van der Waals surface area contributed by atoms with Gasteiger partial charge >= 0.3 is 0 Å². The zero-order valence-corrected chi connectivity index (χ0v) is 10.2. The maximum absolute atomic E-state index is 10.2. The van der Waals surface area contributed by atoms with E-state index in [2.05, 4.69) is 24.9 Å². The van der Waals surface area contributed by atoms with Gasteiger partial charge in [0.05, 0.1) is 13.7 Å². The van der Waals surface area contributed by atoms with Crippen LogP contribution in [0.2, 0.25) is 0 Å². The molecule has 0 amide bonds. The number of isocyanates is 1. The largest absolute Gasteiger partial charge is 0.496 e. The van der Waals surface area contributed by atoms with Crippen LogP contribution in [0, 0.1) is 6.92 Å². The molecule has 0 fully saturated rings. The molecule has 0 saturated heterocycles. The van der Waals surface area contributed by atoms with Crippen molar-refractivity contribution in [2.24, 2.45) is 4.99 Å². The lowest BCUT2D eigenvalue weighted by Crippen LogP contribution is -2.01. The molecule has 0 aromatic heterocycles. The number of ether oxygens (including phenoxy) is 1. The highest BCUT2D eigenvalue weighted by atomic mass is 16.5. The van der Waals surface area contributed by atoms with Crippen molar-refractivity contribution in [1.29, 1.82) is 0 Å². The molecule has 0 aliphatic carbocycles. The van der Waals surface area contributed by atoms with Crippen molar-refractivity contribution in [3.63, 3.8) is 0 Å². The molecule has 0 radical (unpaired) electrons. The van der Waals surface area contributed by atoms with E-state index in [1.165, 1.54) is 5.56 Å². The first-order chi connectivity index (χ1) is 7.61. The van der Waals surface area contributed by atoms with Crippen molar-refractivity contribution in [2.45, 2.75) is 33.2 Å². The highest BCUT2D eigenvalue weighted by molar-refractivity contribution is 5.48. The predicted molar refractivity (Wildman–Crippen MR) is 63.6 cm³/mol. The SMILES string of the molecule is COc1c(C)ccc(C(C)C)c1CN=C=O. The number of hydrogen-bond donors (Lipinski definition) is 0. The summed E-state index contributed by atoms with van der Waals surface area (Å²) < 4.78 is 5.37. The average Bonchev–Trinajstić information content (AvgIpc) is 2.25. The number of methoxy groups -OCH3 is 1. The van der Waals surface area contributed by atoms with Crippen LogP contribution in [0.3, 0.4) is 0 Å². The Labute approximate surface area is 96.2 Å². The molecule has 0 heterocycles. The van der Waals surface area contributed by atoms with Gasteiger partial charge in [0.1, 0.15) is 5.75 Å². The maximum Gasteiger partial charge on any atom is 0.235 e. The number of nitrogens with zero attached hydrogens (tertiary/aromatic N) is 1. The molecule has 0 aliphatic rings. The van der Waals surface area contributed by atoms with Gasteiger partial charge in [0.2, 0.25) is 6.08 Å². The van der Waals surface area contributed by atoms with Crippen LogP contribution in [0.4, 0.5) is 0 Å². The van der Waals surface area contributed by atoms with Crippen LogP contribution in [0.1, 0.15) is 36.5 Å². The minimum atomic E-state index is 0.335. The highest BCUT2D eigenvalue weighted by Crippen LogP contribution is 2.31. The van der Waals surface area contributed by atoms with Crippen LogP contribution in [0.15, 0.2) is 17.1 Å². The van der Waals surface area contributed by atoms with Gasteiger partial charge in [0, 0.05) is 5.56 Å². The lowest BCUT2D eigenvalue weighted by Gasteiger charge is -2.16. The van der Waals surface area contributed by atoms with E-state index in [1.807, 2.05) is 13.0 Å². The van der Waals surface area contributed by atoms with Gasteiger partial charge in [0.15, 0.2) is 0 Å². The zero-order valence-electron chi connectivity index (χ0n) is 10.2. The molecule has 1 rings (SSSR count). The van der Waals surface area contributed by atoms with Crippen LogP contribution in [0.5, 0.6) is 5.75 Å². The van der Waals surface area contributed by atoms with E-state index in [1.54, 1.807) is 13.2 Å². The van der Waals surface area contributed by atoms with Crippen molar-refractivity contribution in [3.05, 3.63) is 28.8 Å². The maximum atomic E-state index is 10.2. The van der Waals surface area contributed by atoms with Gasteiger partial charge in [-0.2, -0.15) is 0 Å². The smallest absolute Gasteiger partial charge is 0.235 e. The Morgan fingerprint density at radius 3 is 2.62 bits per heavy atom. The number of benzene rings is 1. The summed E-state index contributed by atoms with van der Waals surface area (Å²) in [4.78, 5) is 13.9. The van der Waals surface area contributed by atoms with Gasteiger partial charge < -0.3 is 4.74 Å². The molecule has 1 aromatic rings. The molecule has 3 nitrogen and oxygen atoms in total. The van der Waals surface area contributed by atoms with Crippen molar-refractivity contribution in [2.75, 3.05) is 7.11 Å². The van der Waals surface area contributed by atoms with Crippen molar-refractivity contribution >= 4 is 6.08 Å². The molecule has 16 heavy (non-hydrogen) atoms. The fourth-order valence-corrected chi connectivity index (χ4v) is 1.86. The second-order valence-electron chi connectivity index (χ2n) is 4.05. The highest BCUT2D eigenvalue weighted by Gasteiger charge is 2.13. The predicted octanol–water partition coefficient (Wildman–Crippen LogP) is 2.96. The van der Waals surface area contributed by atoms with Crippen molar-refractivity contribution < 1.29 is 9.53 Å². The molecule has 0 N–H and O–H groups in total. The first kappa shape index (κ1) is 12.5. The Hall–Kier alpha value is -1.60. The fourth-order valence-electron chi connectivity index (χ4n) is 1.86. The number of rotatable bonds is 4. The van der Waals surface area contributed by atoms with E-state index >= 15 is 0 Å². The summed E-state index contributed by atoms with van der Waals surface area (Å²) in [6.45, 7) is 6.54. The summed E-state index contributed by atoms with van der Waals surface area (Å²) in [7, 11) is 1.64. The summed E-state index contributed by atoms with van der Waals surface area (Å²) in [6.07, 6.45) is 1.57. The van der Waals surface area contributed by atoms with Crippen LogP contribution in [0.25, 0.3) is 0 Å². The molecular formula is C13H17NO2. The monoisotopic (exact) mass is 219 g/mol. The van der Waals surface area contributed by atoms with E-state index in [-0.39, 0.29) is 0 Å². The molecule has 0 spiro atoms. The normalized spacial score (nSPS) is 10.1. The summed E-state index contributed by atoms with van der Waals surface area (Å²) in [5.41, 5.74) is 3.21. The Kier molecular flexibility index (Phi) is 4.27. The first-order valence-corrected chi connectivity index (χ1v) is 5.31. The summed E-state index contributed by atoms with van der Waals surface area (Å²) in [5, 5.41) is 0. The molecule has 0 aliphatic heterocycles. The number of aryl methyl sites for hydroxylation is 1. The zero-order chi connectivity index (χ0) is 12.1. The van der Waals surface area contributed by atoms with E-state index in [0.717, 1.165) is 16.9 Å². The van der Waals surface area contributed by atoms with E-state index in [9.17, 15) is 4.79 Å². The minimum Gasteiger partial charge on any atom is -0.496 e. The minimum absolute atomic E-state index is 0.335. The molecule has 0 bridgehead atoms. The Bertz CT molecular complexity index is 418. The van der Waals surface area contributed by atoms with Gasteiger partial charge in [-0.15, -0.1) is 0 Å². The van der Waals surface area contributed by atoms with Crippen LogP contribution in [-0.4, -0.2) is 13.2 Å². The third kappa shape index (κ3) is 2.50.